The first kappa shape index (κ1) is 16.2. The van der Waals surface area contributed by atoms with Crippen molar-refractivity contribution < 1.29 is 17.9 Å². The molecule has 6 nitrogen and oxygen atoms in total. The number of nitrogens with zero attached hydrogens (tertiary/aromatic N) is 2. The molecule has 0 atom stereocenters. The minimum absolute atomic E-state index is 0.188. The van der Waals surface area contributed by atoms with E-state index < -0.39 is 15.8 Å². The monoisotopic (exact) mass is 344 g/mol. The summed E-state index contributed by atoms with van der Waals surface area (Å²) in [7, 11) is -3.28. The van der Waals surface area contributed by atoms with Gasteiger partial charge < -0.3 is 9.14 Å². The van der Waals surface area contributed by atoms with E-state index in [0.717, 1.165) is 11.8 Å². The Morgan fingerprint density at radius 1 is 1.21 bits per heavy atom. The molecule has 0 radical (unpaired) electrons. The molecule has 0 aliphatic carbocycles. The molecule has 0 saturated carbocycles. The summed E-state index contributed by atoms with van der Waals surface area (Å²) < 4.78 is 30.2. The van der Waals surface area contributed by atoms with Gasteiger partial charge in [0.05, 0.1) is 28.9 Å². The maximum Gasteiger partial charge on any atom is 0.359 e. The van der Waals surface area contributed by atoms with Gasteiger partial charge in [0.2, 0.25) is 0 Å². The Kier molecular flexibility index (Phi) is 4.11. The quantitative estimate of drug-likeness (QED) is 0.680. The van der Waals surface area contributed by atoms with Crippen LogP contribution in [0.3, 0.4) is 0 Å². The molecular weight excluding hydrogens is 328 g/mol. The predicted molar refractivity (Wildman–Crippen MR) is 89.7 cm³/mol. The number of hydrogen-bond donors (Lipinski definition) is 0. The molecule has 0 amide bonds. The number of ether oxygens (including phenoxy) is 1. The fraction of sp³-hybridized carbons (Fsp3) is 0.176. The number of carbonyl (C=O) groups excluding carboxylic acids is 1. The Bertz CT molecular complexity index is 1000. The summed E-state index contributed by atoms with van der Waals surface area (Å²) in [5.74, 6) is -0.518. The minimum atomic E-state index is -3.28. The van der Waals surface area contributed by atoms with Crippen molar-refractivity contribution in [2.45, 2.75) is 11.8 Å². The zero-order valence-electron chi connectivity index (χ0n) is 13.3. The van der Waals surface area contributed by atoms with Crippen LogP contribution in [-0.2, 0) is 14.6 Å². The Hall–Kier alpha value is -2.67. The summed E-state index contributed by atoms with van der Waals surface area (Å²) >= 11 is 0. The number of sulfone groups is 1. The highest BCUT2D eigenvalue weighted by Gasteiger charge is 2.19. The standard InChI is InChI=1S/C17H16N2O4S/c1-3-23-17(20)15-16(19-10-4-5-13(19)11-18-15)12-6-8-14(9-7-12)24(2,21)22/h4-11H,3H2,1-2H3. The van der Waals surface area contributed by atoms with Crippen molar-refractivity contribution in [1.29, 1.82) is 0 Å². The lowest BCUT2D eigenvalue weighted by molar-refractivity contribution is 0.0520. The number of hydrogen-bond acceptors (Lipinski definition) is 5. The van der Waals surface area contributed by atoms with Gasteiger partial charge in [-0.15, -0.1) is 0 Å². The van der Waals surface area contributed by atoms with E-state index >= 15 is 0 Å². The second-order valence-corrected chi connectivity index (χ2v) is 7.29. The van der Waals surface area contributed by atoms with Gasteiger partial charge in [-0.3, -0.25) is 0 Å². The van der Waals surface area contributed by atoms with E-state index in [9.17, 15) is 13.2 Å². The zero-order chi connectivity index (χ0) is 17.3. The van der Waals surface area contributed by atoms with Crippen LogP contribution in [0.25, 0.3) is 16.8 Å². The van der Waals surface area contributed by atoms with Gasteiger partial charge in [0, 0.05) is 18.0 Å². The molecule has 24 heavy (non-hydrogen) atoms. The molecule has 2 aromatic heterocycles. The number of esters is 1. The van der Waals surface area contributed by atoms with Crippen LogP contribution in [0.15, 0.2) is 53.7 Å². The van der Waals surface area contributed by atoms with Gasteiger partial charge in [-0.05, 0) is 31.2 Å². The van der Waals surface area contributed by atoms with Crippen LogP contribution in [0.5, 0.6) is 0 Å². The number of carbonyl (C=O) groups is 1. The van der Waals surface area contributed by atoms with Gasteiger partial charge in [-0.2, -0.15) is 0 Å². The number of aromatic nitrogens is 2. The van der Waals surface area contributed by atoms with Crippen LogP contribution >= 0.6 is 0 Å². The third-order valence-corrected chi connectivity index (χ3v) is 4.72. The summed E-state index contributed by atoms with van der Waals surface area (Å²) in [5, 5.41) is 0. The Labute approximate surface area is 139 Å². The SMILES string of the molecule is CCOC(=O)c1ncc2cccn2c1-c1ccc(S(C)(=O)=O)cc1. The molecule has 0 aliphatic rings. The maximum atomic E-state index is 12.2. The highest BCUT2D eigenvalue weighted by molar-refractivity contribution is 7.90. The van der Waals surface area contributed by atoms with Crippen LogP contribution in [0.1, 0.15) is 17.4 Å². The second-order valence-electron chi connectivity index (χ2n) is 5.28. The lowest BCUT2D eigenvalue weighted by Gasteiger charge is -2.12. The van der Waals surface area contributed by atoms with E-state index in [4.69, 9.17) is 4.74 Å². The summed E-state index contributed by atoms with van der Waals surface area (Å²) in [5.41, 5.74) is 2.26. The molecule has 1 aromatic carbocycles. The molecule has 0 saturated heterocycles. The van der Waals surface area contributed by atoms with Crippen molar-refractivity contribution in [3.8, 4) is 11.3 Å². The average molecular weight is 344 g/mol. The van der Waals surface area contributed by atoms with Crippen molar-refractivity contribution in [2.75, 3.05) is 12.9 Å². The van der Waals surface area contributed by atoms with Crippen LogP contribution in [0.2, 0.25) is 0 Å². The molecule has 0 spiro atoms. The summed E-state index contributed by atoms with van der Waals surface area (Å²) in [6, 6.07) is 10.1. The van der Waals surface area contributed by atoms with Gasteiger partial charge in [0.1, 0.15) is 0 Å². The highest BCUT2D eigenvalue weighted by Crippen LogP contribution is 2.26. The Balaban J connectivity index is 2.21. The van der Waals surface area contributed by atoms with Crippen LogP contribution in [-0.4, -0.2) is 36.6 Å². The summed E-state index contributed by atoms with van der Waals surface area (Å²) in [6.45, 7) is 1.98. The van der Waals surface area contributed by atoms with Gasteiger partial charge in [-0.1, -0.05) is 12.1 Å². The second kappa shape index (κ2) is 6.09. The van der Waals surface area contributed by atoms with Crippen LogP contribution in [0.4, 0.5) is 0 Å². The molecule has 3 aromatic rings. The molecule has 2 heterocycles. The van der Waals surface area contributed by atoms with Gasteiger partial charge in [0.15, 0.2) is 15.5 Å². The first-order valence-corrected chi connectivity index (χ1v) is 9.24. The van der Waals surface area contributed by atoms with E-state index in [1.165, 1.54) is 12.1 Å². The first-order valence-electron chi connectivity index (χ1n) is 7.35. The fourth-order valence-electron chi connectivity index (χ4n) is 2.49. The highest BCUT2D eigenvalue weighted by atomic mass is 32.2. The van der Waals surface area contributed by atoms with Gasteiger partial charge >= 0.3 is 5.97 Å². The number of fused-ring (bicyclic) bond motifs is 1. The lowest BCUT2D eigenvalue weighted by atomic mass is 10.1. The maximum absolute atomic E-state index is 12.2. The van der Waals surface area contributed by atoms with Crippen molar-refractivity contribution in [1.82, 2.24) is 9.38 Å². The molecule has 0 unspecified atom stereocenters. The van der Waals surface area contributed by atoms with Crippen molar-refractivity contribution >= 4 is 21.3 Å². The normalized spacial score (nSPS) is 11.6. The lowest BCUT2D eigenvalue weighted by Crippen LogP contribution is -2.11. The third kappa shape index (κ3) is 2.90. The zero-order valence-corrected chi connectivity index (χ0v) is 14.1. The van der Waals surface area contributed by atoms with Crippen molar-refractivity contribution in [3.63, 3.8) is 0 Å². The van der Waals surface area contributed by atoms with Crippen LogP contribution < -0.4 is 0 Å². The largest absolute Gasteiger partial charge is 0.461 e. The van der Waals surface area contributed by atoms with E-state index in [1.54, 1.807) is 25.3 Å². The Morgan fingerprint density at radius 3 is 2.54 bits per heavy atom. The fourth-order valence-corrected chi connectivity index (χ4v) is 3.12. The minimum Gasteiger partial charge on any atom is -0.461 e. The predicted octanol–water partition coefficient (Wildman–Crippen LogP) is 2.58. The molecule has 0 aliphatic heterocycles. The molecule has 0 N–H and O–H groups in total. The molecule has 124 valence electrons. The molecule has 7 heteroatoms. The van der Waals surface area contributed by atoms with Gasteiger partial charge in [0.25, 0.3) is 0 Å². The van der Waals surface area contributed by atoms with Gasteiger partial charge in [-0.25, -0.2) is 18.2 Å². The molecular formula is C17H16N2O4S. The first-order chi connectivity index (χ1) is 11.4. The summed E-state index contributed by atoms with van der Waals surface area (Å²) in [6.07, 6.45) is 4.57. The molecule has 0 fully saturated rings. The topological polar surface area (TPSA) is 77.7 Å². The summed E-state index contributed by atoms with van der Waals surface area (Å²) in [4.78, 5) is 16.7. The number of benzene rings is 1. The number of rotatable bonds is 4. The van der Waals surface area contributed by atoms with E-state index in [-0.39, 0.29) is 17.2 Å². The van der Waals surface area contributed by atoms with Crippen molar-refractivity contribution in [2.24, 2.45) is 0 Å². The van der Waals surface area contributed by atoms with E-state index in [0.29, 0.717) is 11.3 Å². The van der Waals surface area contributed by atoms with E-state index in [1.807, 2.05) is 22.7 Å². The molecule has 3 rings (SSSR count). The average Bonchev–Trinajstić information content (AvgIpc) is 3.02. The molecule has 0 bridgehead atoms. The smallest absolute Gasteiger partial charge is 0.359 e. The van der Waals surface area contributed by atoms with Crippen molar-refractivity contribution in [3.05, 3.63) is 54.5 Å². The van der Waals surface area contributed by atoms with E-state index in [2.05, 4.69) is 4.98 Å². The third-order valence-electron chi connectivity index (χ3n) is 3.60. The van der Waals surface area contributed by atoms with Crippen LogP contribution in [0, 0.1) is 0 Å². The Morgan fingerprint density at radius 2 is 1.92 bits per heavy atom.